The molecule has 1 aliphatic rings. The summed E-state index contributed by atoms with van der Waals surface area (Å²) in [7, 11) is 0. The van der Waals surface area contributed by atoms with Crippen molar-refractivity contribution in [1.29, 1.82) is 0 Å². The molecule has 2 aromatic carbocycles. The first-order valence-corrected chi connectivity index (χ1v) is 7.97. The van der Waals surface area contributed by atoms with E-state index in [0.29, 0.717) is 5.56 Å². The maximum atomic E-state index is 13.7. The summed E-state index contributed by atoms with van der Waals surface area (Å²) in [6, 6.07) is 11.6. The molecule has 3 rings (SSSR count). The van der Waals surface area contributed by atoms with Crippen molar-refractivity contribution in [2.75, 3.05) is 13.1 Å². The third kappa shape index (κ3) is 3.77. The molecule has 23 heavy (non-hydrogen) atoms. The predicted octanol–water partition coefficient (Wildman–Crippen LogP) is 3.94. The largest absolute Gasteiger partial charge is 0.373 e. The first kappa shape index (κ1) is 16.1. The highest BCUT2D eigenvalue weighted by Crippen LogP contribution is 2.29. The van der Waals surface area contributed by atoms with Crippen LogP contribution in [-0.2, 0) is 11.3 Å². The zero-order valence-electron chi connectivity index (χ0n) is 13.2. The highest BCUT2D eigenvalue weighted by molar-refractivity contribution is 5.31. The van der Waals surface area contributed by atoms with Gasteiger partial charge < -0.3 is 10.1 Å². The van der Waals surface area contributed by atoms with E-state index >= 15 is 0 Å². The lowest BCUT2D eigenvalue weighted by atomic mass is 9.86. The van der Waals surface area contributed by atoms with Crippen LogP contribution < -0.4 is 5.32 Å². The Morgan fingerprint density at radius 3 is 2.78 bits per heavy atom. The average Bonchev–Trinajstić information content (AvgIpc) is 2.55. The van der Waals surface area contributed by atoms with E-state index in [1.807, 2.05) is 19.1 Å². The van der Waals surface area contributed by atoms with Crippen molar-refractivity contribution in [2.45, 2.75) is 32.0 Å². The normalized spacial score (nSPS) is 21.3. The van der Waals surface area contributed by atoms with Crippen molar-refractivity contribution in [1.82, 2.24) is 5.32 Å². The molecule has 1 aliphatic heterocycles. The Morgan fingerprint density at radius 2 is 2.00 bits per heavy atom. The molecule has 0 bridgehead atoms. The minimum absolute atomic E-state index is 0.0000161. The fourth-order valence-electron chi connectivity index (χ4n) is 3.21. The van der Waals surface area contributed by atoms with Gasteiger partial charge in [0.25, 0.3) is 0 Å². The van der Waals surface area contributed by atoms with E-state index in [-0.39, 0.29) is 30.3 Å². The van der Waals surface area contributed by atoms with Gasteiger partial charge in [-0.05, 0) is 49.2 Å². The fraction of sp³-hybridized carbons (Fsp3) is 0.368. The standard InChI is InChI=1S/C19H21F2NO/c1-13-10-15(20)6-7-16(13)17-11-22-9-8-19(17)23-12-14-4-2-3-5-18(14)21/h2-7,10,17,19,22H,8-9,11-12H2,1H3. The molecule has 4 heteroatoms. The zero-order chi connectivity index (χ0) is 16.2. The van der Waals surface area contributed by atoms with Crippen molar-refractivity contribution >= 4 is 0 Å². The molecule has 2 unspecified atom stereocenters. The summed E-state index contributed by atoms with van der Waals surface area (Å²) in [4.78, 5) is 0. The Labute approximate surface area is 135 Å². The van der Waals surface area contributed by atoms with Gasteiger partial charge in [0.05, 0.1) is 12.7 Å². The number of piperidine rings is 1. The monoisotopic (exact) mass is 317 g/mol. The van der Waals surface area contributed by atoms with E-state index < -0.39 is 0 Å². The van der Waals surface area contributed by atoms with Crippen LogP contribution in [0.5, 0.6) is 0 Å². The third-order valence-corrected chi connectivity index (χ3v) is 4.46. The van der Waals surface area contributed by atoms with Crippen LogP contribution in [0.15, 0.2) is 42.5 Å². The van der Waals surface area contributed by atoms with Crippen LogP contribution in [0.3, 0.4) is 0 Å². The number of halogens is 2. The fourth-order valence-corrected chi connectivity index (χ4v) is 3.21. The van der Waals surface area contributed by atoms with Crippen LogP contribution in [0.2, 0.25) is 0 Å². The smallest absolute Gasteiger partial charge is 0.128 e. The van der Waals surface area contributed by atoms with Crippen LogP contribution in [0.1, 0.15) is 29.0 Å². The summed E-state index contributed by atoms with van der Waals surface area (Å²) in [5.74, 6) is -0.314. The van der Waals surface area contributed by atoms with E-state index in [4.69, 9.17) is 4.74 Å². The van der Waals surface area contributed by atoms with Gasteiger partial charge in [-0.25, -0.2) is 8.78 Å². The van der Waals surface area contributed by atoms with Gasteiger partial charge in [-0.2, -0.15) is 0 Å². The number of rotatable bonds is 4. The first-order valence-electron chi connectivity index (χ1n) is 7.97. The molecule has 0 spiro atoms. The lowest BCUT2D eigenvalue weighted by Crippen LogP contribution is -2.40. The van der Waals surface area contributed by atoms with Gasteiger partial charge in [-0.15, -0.1) is 0 Å². The summed E-state index contributed by atoms with van der Waals surface area (Å²) in [5, 5.41) is 3.37. The van der Waals surface area contributed by atoms with Gasteiger partial charge in [0.1, 0.15) is 11.6 Å². The number of aryl methyl sites for hydroxylation is 1. The Bertz CT molecular complexity index is 674. The topological polar surface area (TPSA) is 21.3 Å². The van der Waals surface area contributed by atoms with E-state index in [1.54, 1.807) is 18.2 Å². The van der Waals surface area contributed by atoms with Crippen LogP contribution in [0.4, 0.5) is 8.78 Å². The molecule has 1 saturated heterocycles. The number of benzene rings is 2. The van der Waals surface area contributed by atoms with Crippen LogP contribution >= 0.6 is 0 Å². The molecule has 0 radical (unpaired) electrons. The Balaban J connectivity index is 1.75. The van der Waals surface area contributed by atoms with Gasteiger partial charge >= 0.3 is 0 Å². The SMILES string of the molecule is Cc1cc(F)ccc1C1CNCCC1OCc1ccccc1F. The second kappa shape index (κ2) is 7.20. The quantitative estimate of drug-likeness (QED) is 0.922. The van der Waals surface area contributed by atoms with Gasteiger partial charge in [-0.3, -0.25) is 0 Å². The second-order valence-corrected chi connectivity index (χ2v) is 6.04. The van der Waals surface area contributed by atoms with Crippen molar-refractivity contribution < 1.29 is 13.5 Å². The van der Waals surface area contributed by atoms with Crippen molar-refractivity contribution in [3.8, 4) is 0 Å². The van der Waals surface area contributed by atoms with E-state index in [1.165, 1.54) is 12.1 Å². The summed E-state index contributed by atoms with van der Waals surface area (Å²) >= 11 is 0. The molecule has 2 atom stereocenters. The van der Waals surface area contributed by atoms with Crippen molar-refractivity contribution in [2.24, 2.45) is 0 Å². The molecule has 0 aromatic heterocycles. The lowest BCUT2D eigenvalue weighted by molar-refractivity contribution is 0.00559. The van der Waals surface area contributed by atoms with Crippen molar-refractivity contribution in [3.05, 3.63) is 70.8 Å². The van der Waals surface area contributed by atoms with Crippen LogP contribution in [0, 0.1) is 18.6 Å². The van der Waals surface area contributed by atoms with Crippen LogP contribution in [-0.4, -0.2) is 19.2 Å². The molecule has 122 valence electrons. The summed E-state index contributed by atoms with van der Waals surface area (Å²) in [6.45, 7) is 3.84. The van der Waals surface area contributed by atoms with Crippen LogP contribution in [0.25, 0.3) is 0 Å². The van der Waals surface area contributed by atoms with E-state index in [9.17, 15) is 8.78 Å². The molecule has 0 amide bonds. The maximum absolute atomic E-state index is 13.7. The maximum Gasteiger partial charge on any atom is 0.128 e. The molecule has 0 aliphatic carbocycles. The van der Waals surface area contributed by atoms with E-state index in [0.717, 1.165) is 30.6 Å². The number of hydrogen-bond donors (Lipinski definition) is 1. The van der Waals surface area contributed by atoms with E-state index in [2.05, 4.69) is 5.32 Å². The second-order valence-electron chi connectivity index (χ2n) is 6.04. The minimum atomic E-state index is -0.240. The highest BCUT2D eigenvalue weighted by Gasteiger charge is 2.28. The molecular weight excluding hydrogens is 296 g/mol. The average molecular weight is 317 g/mol. The molecule has 1 heterocycles. The number of hydrogen-bond acceptors (Lipinski definition) is 2. The van der Waals surface area contributed by atoms with Crippen molar-refractivity contribution in [3.63, 3.8) is 0 Å². The highest BCUT2D eigenvalue weighted by atomic mass is 19.1. The van der Waals surface area contributed by atoms with Gasteiger partial charge in [0.15, 0.2) is 0 Å². The first-order chi connectivity index (χ1) is 11.1. The Hall–Kier alpha value is -1.78. The Morgan fingerprint density at radius 1 is 1.17 bits per heavy atom. The summed E-state index contributed by atoms with van der Waals surface area (Å²) in [5.41, 5.74) is 2.59. The molecule has 2 aromatic rings. The zero-order valence-corrected chi connectivity index (χ0v) is 13.2. The lowest BCUT2D eigenvalue weighted by Gasteiger charge is -2.33. The summed E-state index contributed by atoms with van der Waals surface area (Å²) < 4.78 is 33.1. The summed E-state index contributed by atoms with van der Waals surface area (Å²) in [6.07, 6.45) is 0.857. The molecule has 1 N–H and O–H groups in total. The van der Waals surface area contributed by atoms with Gasteiger partial charge in [0, 0.05) is 18.0 Å². The molecule has 0 saturated carbocycles. The molecule has 2 nitrogen and oxygen atoms in total. The predicted molar refractivity (Wildman–Crippen MR) is 86.3 cm³/mol. The van der Waals surface area contributed by atoms with Gasteiger partial charge in [0.2, 0.25) is 0 Å². The van der Waals surface area contributed by atoms with Gasteiger partial charge in [-0.1, -0.05) is 24.3 Å². The Kier molecular flexibility index (Phi) is 5.03. The number of ether oxygens (including phenoxy) is 1. The minimum Gasteiger partial charge on any atom is -0.373 e. The molecular formula is C19H21F2NO. The number of nitrogens with one attached hydrogen (secondary N) is 1. The molecule has 1 fully saturated rings. The third-order valence-electron chi connectivity index (χ3n) is 4.46.